The average Bonchev–Trinajstić information content (AvgIpc) is 2.05. The summed E-state index contributed by atoms with van der Waals surface area (Å²) < 4.78 is 0. The molecule has 2 N–H and O–H groups in total. The van der Waals surface area contributed by atoms with Gasteiger partial charge in [0.25, 0.3) is 0 Å². The molecule has 12 heavy (non-hydrogen) atoms. The van der Waals surface area contributed by atoms with E-state index in [0.29, 0.717) is 6.04 Å². The molecule has 0 bridgehead atoms. The van der Waals surface area contributed by atoms with Crippen LogP contribution in [0.5, 0.6) is 0 Å². The molecule has 0 fully saturated rings. The lowest BCUT2D eigenvalue weighted by Gasteiger charge is -2.19. The molecular weight excluding hydrogens is 150 g/mol. The van der Waals surface area contributed by atoms with Crippen LogP contribution < -0.4 is 5.73 Å². The van der Waals surface area contributed by atoms with Crippen molar-refractivity contribution in [1.29, 1.82) is 0 Å². The van der Waals surface area contributed by atoms with Gasteiger partial charge in [-0.1, -0.05) is 0 Å². The van der Waals surface area contributed by atoms with Crippen molar-refractivity contribution in [2.24, 2.45) is 5.73 Å². The van der Waals surface area contributed by atoms with Gasteiger partial charge >= 0.3 is 0 Å². The molecule has 1 aromatic heterocycles. The molecule has 2 rings (SSSR count). The quantitative estimate of drug-likeness (QED) is 0.609. The predicted octanol–water partition coefficient (Wildman–Crippen LogP) is 0.601. The SMILES string of the molecule is Cc1ncc2c(n1)CC[C@@H](N)C2. The summed E-state index contributed by atoms with van der Waals surface area (Å²) in [6.45, 7) is 1.93. The number of hydrogen-bond donors (Lipinski definition) is 1. The van der Waals surface area contributed by atoms with E-state index < -0.39 is 0 Å². The number of nitrogens with zero attached hydrogens (tertiary/aromatic N) is 2. The molecule has 1 heterocycles. The highest BCUT2D eigenvalue weighted by atomic mass is 14.9. The van der Waals surface area contributed by atoms with Crippen LogP contribution in [0.2, 0.25) is 0 Å². The fourth-order valence-corrected chi connectivity index (χ4v) is 1.64. The Kier molecular flexibility index (Phi) is 1.81. The molecule has 0 saturated carbocycles. The lowest BCUT2D eigenvalue weighted by Crippen LogP contribution is -2.28. The van der Waals surface area contributed by atoms with Gasteiger partial charge in [0.15, 0.2) is 0 Å². The Morgan fingerprint density at radius 3 is 3.25 bits per heavy atom. The standard InChI is InChI=1S/C9H13N3/c1-6-11-5-7-4-8(10)2-3-9(7)12-6/h5,8H,2-4,10H2,1H3/t8-/m1/s1. The van der Waals surface area contributed by atoms with Crippen molar-refractivity contribution in [2.75, 3.05) is 0 Å². The lowest BCUT2D eigenvalue weighted by atomic mass is 9.93. The minimum Gasteiger partial charge on any atom is -0.327 e. The monoisotopic (exact) mass is 163 g/mol. The summed E-state index contributed by atoms with van der Waals surface area (Å²) in [5, 5.41) is 0. The fourth-order valence-electron chi connectivity index (χ4n) is 1.64. The average molecular weight is 163 g/mol. The number of rotatable bonds is 0. The van der Waals surface area contributed by atoms with Crippen molar-refractivity contribution >= 4 is 0 Å². The summed E-state index contributed by atoms with van der Waals surface area (Å²) in [5.41, 5.74) is 8.27. The first-order valence-electron chi connectivity index (χ1n) is 4.32. The molecule has 0 spiro atoms. The molecule has 0 unspecified atom stereocenters. The third-order valence-electron chi connectivity index (χ3n) is 2.31. The molecule has 1 aliphatic carbocycles. The van der Waals surface area contributed by atoms with Gasteiger partial charge in [-0.05, 0) is 31.7 Å². The minimum atomic E-state index is 0.309. The summed E-state index contributed by atoms with van der Waals surface area (Å²) in [7, 11) is 0. The molecule has 3 heteroatoms. The topological polar surface area (TPSA) is 51.8 Å². The van der Waals surface area contributed by atoms with E-state index in [1.54, 1.807) is 0 Å². The smallest absolute Gasteiger partial charge is 0.125 e. The van der Waals surface area contributed by atoms with Gasteiger partial charge in [0.05, 0.1) is 0 Å². The van der Waals surface area contributed by atoms with Crippen molar-refractivity contribution in [1.82, 2.24) is 9.97 Å². The molecule has 0 radical (unpaired) electrons. The van der Waals surface area contributed by atoms with Gasteiger partial charge in [-0.3, -0.25) is 0 Å². The van der Waals surface area contributed by atoms with Crippen LogP contribution in [-0.4, -0.2) is 16.0 Å². The van der Waals surface area contributed by atoms with E-state index in [9.17, 15) is 0 Å². The zero-order valence-electron chi connectivity index (χ0n) is 7.25. The second-order valence-corrected chi connectivity index (χ2v) is 3.39. The van der Waals surface area contributed by atoms with Gasteiger partial charge < -0.3 is 5.73 Å². The Morgan fingerprint density at radius 1 is 1.58 bits per heavy atom. The van der Waals surface area contributed by atoms with Crippen molar-refractivity contribution < 1.29 is 0 Å². The van der Waals surface area contributed by atoms with Gasteiger partial charge in [0, 0.05) is 17.9 Å². The first-order chi connectivity index (χ1) is 5.75. The van der Waals surface area contributed by atoms with Crippen LogP contribution >= 0.6 is 0 Å². The molecule has 1 aromatic rings. The highest BCUT2D eigenvalue weighted by Gasteiger charge is 2.16. The Bertz CT molecular complexity index is 296. The molecular formula is C9H13N3. The highest BCUT2D eigenvalue weighted by molar-refractivity contribution is 5.21. The van der Waals surface area contributed by atoms with E-state index in [4.69, 9.17) is 5.73 Å². The van der Waals surface area contributed by atoms with E-state index in [2.05, 4.69) is 9.97 Å². The van der Waals surface area contributed by atoms with E-state index >= 15 is 0 Å². The fraction of sp³-hybridized carbons (Fsp3) is 0.556. The normalized spacial score (nSPS) is 22.0. The van der Waals surface area contributed by atoms with Crippen LogP contribution in [0.25, 0.3) is 0 Å². The summed E-state index contributed by atoms with van der Waals surface area (Å²) in [4.78, 5) is 8.54. The number of nitrogens with two attached hydrogens (primary N) is 1. The van der Waals surface area contributed by atoms with E-state index in [-0.39, 0.29) is 0 Å². The Balaban J connectivity index is 2.37. The summed E-state index contributed by atoms with van der Waals surface area (Å²) >= 11 is 0. The van der Waals surface area contributed by atoms with E-state index in [1.807, 2.05) is 13.1 Å². The number of aromatic nitrogens is 2. The van der Waals surface area contributed by atoms with Gasteiger partial charge in [-0.2, -0.15) is 0 Å². The maximum Gasteiger partial charge on any atom is 0.125 e. The van der Waals surface area contributed by atoms with Gasteiger partial charge in [0.2, 0.25) is 0 Å². The zero-order chi connectivity index (χ0) is 8.55. The van der Waals surface area contributed by atoms with Gasteiger partial charge in [0.1, 0.15) is 5.82 Å². The molecule has 1 atom stereocenters. The largest absolute Gasteiger partial charge is 0.327 e. The minimum absolute atomic E-state index is 0.309. The molecule has 64 valence electrons. The number of fused-ring (bicyclic) bond motifs is 1. The molecule has 0 aliphatic heterocycles. The van der Waals surface area contributed by atoms with E-state index in [0.717, 1.165) is 25.1 Å². The van der Waals surface area contributed by atoms with Gasteiger partial charge in [-0.15, -0.1) is 0 Å². The second-order valence-electron chi connectivity index (χ2n) is 3.39. The van der Waals surface area contributed by atoms with Crippen molar-refractivity contribution in [3.05, 3.63) is 23.3 Å². The summed E-state index contributed by atoms with van der Waals surface area (Å²) in [6, 6.07) is 0.309. The predicted molar refractivity (Wildman–Crippen MR) is 46.8 cm³/mol. The first-order valence-corrected chi connectivity index (χ1v) is 4.32. The van der Waals surface area contributed by atoms with Crippen LogP contribution in [0.4, 0.5) is 0 Å². The van der Waals surface area contributed by atoms with Crippen LogP contribution in [0, 0.1) is 6.92 Å². The zero-order valence-corrected chi connectivity index (χ0v) is 7.25. The lowest BCUT2D eigenvalue weighted by molar-refractivity contribution is 0.562. The first kappa shape index (κ1) is 7.68. The second kappa shape index (κ2) is 2.83. The maximum atomic E-state index is 5.83. The Labute approximate surface area is 72.0 Å². The Hall–Kier alpha value is -0.960. The van der Waals surface area contributed by atoms with Crippen LogP contribution in [-0.2, 0) is 12.8 Å². The third-order valence-corrected chi connectivity index (χ3v) is 2.31. The van der Waals surface area contributed by atoms with Crippen LogP contribution in [0.1, 0.15) is 23.5 Å². The van der Waals surface area contributed by atoms with Crippen LogP contribution in [0.3, 0.4) is 0 Å². The molecule has 0 amide bonds. The van der Waals surface area contributed by atoms with Crippen molar-refractivity contribution in [2.45, 2.75) is 32.2 Å². The van der Waals surface area contributed by atoms with Crippen LogP contribution in [0.15, 0.2) is 6.20 Å². The Morgan fingerprint density at radius 2 is 2.42 bits per heavy atom. The molecule has 1 aliphatic rings. The number of hydrogen-bond acceptors (Lipinski definition) is 3. The maximum absolute atomic E-state index is 5.83. The summed E-state index contributed by atoms with van der Waals surface area (Å²) in [5.74, 6) is 0.865. The van der Waals surface area contributed by atoms with Crippen molar-refractivity contribution in [3.63, 3.8) is 0 Å². The third kappa shape index (κ3) is 1.32. The van der Waals surface area contributed by atoms with Crippen molar-refractivity contribution in [3.8, 4) is 0 Å². The highest BCUT2D eigenvalue weighted by Crippen LogP contribution is 2.17. The van der Waals surface area contributed by atoms with Gasteiger partial charge in [-0.25, -0.2) is 9.97 Å². The molecule has 0 aromatic carbocycles. The molecule has 3 nitrogen and oxygen atoms in total. The molecule has 0 saturated heterocycles. The van der Waals surface area contributed by atoms with E-state index in [1.165, 1.54) is 11.3 Å². The summed E-state index contributed by atoms with van der Waals surface area (Å²) in [6.07, 6.45) is 4.93. The number of aryl methyl sites for hydroxylation is 2.